The minimum atomic E-state index is -0.853. The molecular weight excluding hydrogens is 564 g/mol. The number of carbonyl (C=O) groups is 3. The van der Waals surface area contributed by atoms with E-state index >= 15 is 0 Å². The van der Waals surface area contributed by atoms with Crippen LogP contribution in [0, 0.1) is 17.8 Å². The molecule has 3 atom stereocenters. The fourth-order valence-electron chi connectivity index (χ4n) is 6.53. The topological polar surface area (TPSA) is 182 Å². The van der Waals surface area contributed by atoms with Crippen LogP contribution in [0.1, 0.15) is 62.9 Å². The number of phenolic OH excluding ortho intramolecular Hbond substituents is 1. The third kappa shape index (κ3) is 9.30. The number of fused-ring (bicyclic) bond motifs is 1. The SMILES string of the molecule is NC(=O)CC(=O)C(CO)C(CCO)CC1CC(=O)c2c(O)ccc(/C3=C/C=C(/CN4CCOCC4)C/C=C\C=C/C3)c2C1.O.[HH].[HH]. The van der Waals surface area contributed by atoms with Crippen molar-refractivity contribution in [2.75, 3.05) is 46.1 Å². The minimum absolute atomic E-state index is 0. The number of benzene rings is 1. The van der Waals surface area contributed by atoms with Crippen molar-refractivity contribution in [3.05, 3.63) is 70.9 Å². The van der Waals surface area contributed by atoms with E-state index in [1.165, 1.54) is 5.57 Å². The maximum Gasteiger partial charge on any atom is 0.224 e. The molecule has 244 valence electrons. The Morgan fingerprint density at radius 2 is 1.80 bits per heavy atom. The Bertz CT molecular complexity index is 1300. The molecule has 10 heteroatoms. The predicted octanol–water partition coefficient (Wildman–Crippen LogP) is 2.79. The van der Waals surface area contributed by atoms with Crippen LogP contribution in [0.15, 0.2) is 54.2 Å². The number of aliphatic hydroxyl groups excluding tert-OH is 2. The van der Waals surface area contributed by atoms with Gasteiger partial charge in [-0.15, -0.1) is 0 Å². The summed E-state index contributed by atoms with van der Waals surface area (Å²) in [4.78, 5) is 39.9. The van der Waals surface area contributed by atoms with Gasteiger partial charge in [-0.05, 0) is 66.7 Å². The number of amides is 1. The molecule has 0 radical (unpaired) electrons. The van der Waals surface area contributed by atoms with Crippen LogP contribution in [0.3, 0.4) is 0 Å². The number of aliphatic hydroxyl groups is 2. The van der Waals surface area contributed by atoms with Gasteiger partial charge in [0.2, 0.25) is 5.91 Å². The first-order valence-corrected chi connectivity index (χ1v) is 15.2. The molecule has 1 amide bonds. The average Bonchev–Trinajstić information content (AvgIpc) is 2.97. The van der Waals surface area contributed by atoms with Crippen molar-refractivity contribution in [2.24, 2.45) is 23.5 Å². The van der Waals surface area contributed by atoms with Gasteiger partial charge in [0.15, 0.2) is 5.78 Å². The van der Waals surface area contributed by atoms with Gasteiger partial charge < -0.3 is 31.3 Å². The number of hydrogen-bond acceptors (Lipinski definition) is 8. The molecule has 1 heterocycles. The number of nitrogens with two attached hydrogens (primary N) is 1. The Morgan fingerprint density at radius 3 is 2.48 bits per heavy atom. The summed E-state index contributed by atoms with van der Waals surface area (Å²) in [5.74, 6) is -2.87. The number of morpholine rings is 1. The molecule has 4 rings (SSSR count). The zero-order valence-electron chi connectivity index (χ0n) is 25.2. The molecule has 1 aromatic carbocycles. The van der Waals surface area contributed by atoms with E-state index in [9.17, 15) is 29.7 Å². The molecule has 3 unspecified atom stereocenters. The highest BCUT2D eigenvalue weighted by Crippen LogP contribution is 2.40. The van der Waals surface area contributed by atoms with Crippen LogP contribution in [-0.4, -0.2) is 89.2 Å². The average molecular weight is 615 g/mol. The summed E-state index contributed by atoms with van der Waals surface area (Å²) in [6, 6.07) is 3.46. The maximum atomic E-state index is 13.4. The summed E-state index contributed by atoms with van der Waals surface area (Å²) in [7, 11) is 0. The number of aromatic hydroxyl groups is 1. The van der Waals surface area contributed by atoms with Crippen molar-refractivity contribution in [1.29, 1.82) is 0 Å². The highest BCUT2D eigenvalue weighted by atomic mass is 16.5. The second-order valence-electron chi connectivity index (χ2n) is 11.8. The molecule has 0 spiro atoms. The maximum absolute atomic E-state index is 13.4. The molecule has 1 aliphatic heterocycles. The molecule has 1 aromatic rings. The number of Topliss-reactive ketones (excluding diaryl/α,β-unsaturated/α-hetero) is 2. The van der Waals surface area contributed by atoms with Gasteiger partial charge >= 0.3 is 0 Å². The lowest BCUT2D eigenvalue weighted by Crippen LogP contribution is -2.37. The Labute approximate surface area is 261 Å². The summed E-state index contributed by atoms with van der Waals surface area (Å²) in [6.07, 6.45) is 14.9. The summed E-state index contributed by atoms with van der Waals surface area (Å²) in [5.41, 5.74) is 9.57. The van der Waals surface area contributed by atoms with Gasteiger partial charge in [0.1, 0.15) is 11.5 Å². The van der Waals surface area contributed by atoms with E-state index < -0.39 is 36.6 Å². The van der Waals surface area contributed by atoms with E-state index in [1.54, 1.807) is 6.07 Å². The van der Waals surface area contributed by atoms with Crippen LogP contribution < -0.4 is 5.73 Å². The molecule has 3 aliphatic rings. The lowest BCUT2D eigenvalue weighted by molar-refractivity contribution is -0.131. The number of rotatable bonds is 12. The van der Waals surface area contributed by atoms with E-state index in [1.807, 2.05) is 12.1 Å². The molecular formula is C34H50N2O8. The molecule has 1 fully saturated rings. The van der Waals surface area contributed by atoms with Crippen LogP contribution in [0.4, 0.5) is 0 Å². The number of phenols is 1. The standard InChI is InChI=1S/C34H44N2O7.H2O.2H2/c35-33(42)20-31(40)29(22-38)26(11-14-37)17-24-18-28-27(9-10-30(39)34(28)32(41)19-24)25-6-4-2-1-3-5-23(7-8-25)21-36-12-15-43-16-13-36;;;/h1-4,7-10,24,26,29,37-39H,5-6,11-22H2,(H2,35,42);1H2;2*1H/b3-1-,4-2-,23-7+,25-8+;;;. The number of hydrogen-bond donors (Lipinski definition) is 4. The number of primary amides is 1. The van der Waals surface area contributed by atoms with Crippen molar-refractivity contribution < 1.29 is 42.8 Å². The molecule has 2 aliphatic carbocycles. The van der Waals surface area contributed by atoms with Crippen LogP contribution in [0.25, 0.3) is 5.57 Å². The van der Waals surface area contributed by atoms with Crippen molar-refractivity contribution in [2.45, 2.75) is 44.9 Å². The predicted molar refractivity (Wildman–Crippen MR) is 172 cm³/mol. The molecule has 0 bridgehead atoms. The normalized spacial score (nSPS) is 24.3. The summed E-state index contributed by atoms with van der Waals surface area (Å²) in [6.45, 7) is 3.46. The van der Waals surface area contributed by atoms with Gasteiger partial charge in [0.25, 0.3) is 0 Å². The number of nitrogens with zero attached hydrogens (tertiary/aromatic N) is 1. The van der Waals surface area contributed by atoms with Gasteiger partial charge in [-0.3, -0.25) is 19.3 Å². The number of allylic oxidation sites excluding steroid dienone is 7. The number of ketones is 2. The van der Waals surface area contributed by atoms with Gasteiger partial charge in [-0.2, -0.15) is 0 Å². The molecule has 7 N–H and O–H groups in total. The molecule has 44 heavy (non-hydrogen) atoms. The van der Waals surface area contributed by atoms with Gasteiger partial charge in [-0.1, -0.05) is 48.1 Å². The van der Waals surface area contributed by atoms with Crippen molar-refractivity contribution in [3.8, 4) is 5.75 Å². The van der Waals surface area contributed by atoms with Gasteiger partial charge in [-0.25, -0.2) is 0 Å². The van der Waals surface area contributed by atoms with Crippen LogP contribution in [0.5, 0.6) is 5.75 Å². The lowest BCUT2D eigenvalue weighted by Gasteiger charge is -2.32. The van der Waals surface area contributed by atoms with E-state index in [0.29, 0.717) is 24.8 Å². The van der Waals surface area contributed by atoms with E-state index in [0.717, 1.165) is 56.0 Å². The second kappa shape index (κ2) is 17.2. The first-order chi connectivity index (χ1) is 20.8. The quantitative estimate of drug-likeness (QED) is 0.259. The van der Waals surface area contributed by atoms with E-state index in [-0.39, 0.29) is 45.2 Å². The van der Waals surface area contributed by atoms with Crippen LogP contribution >= 0.6 is 0 Å². The highest BCUT2D eigenvalue weighted by Gasteiger charge is 2.35. The number of ether oxygens (including phenoxy) is 1. The summed E-state index contributed by atoms with van der Waals surface area (Å²) in [5, 5.41) is 30.5. The van der Waals surface area contributed by atoms with Crippen molar-refractivity contribution in [1.82, 2.24) is 4.90 Å². The lowest BCUT2D eigenvalue weighted by atomic mass is 9.72. The second-order valence-corrected chi connectivity index (χ2v) is 11.8. The van der Waals surface area contributed by atoms with Crippen molar-refractivity contribution in [3.63, 3.8) is 0 Å². The zero-order valence-corrected chi connectivity index (χ0v) is 25.2. The first kappa shape index (κ1) is 35.1. The Morgan fingerprint density at radius 1 is 1.07 bits per heavy atom. The molecule has 10 nitrogen and oxygen atoms in total. The summed E-state index contributed by atoms with van der Waals surface area (Å²) >= 11 is 0. The Hall–Kier alpha value is -3.41. The van der Waals surface area contributed by atoms with Gasteiger partial charge in [0, 0.05) is 41.4 Å². The first-order valence-electron chi connectivity index (χ1n) is 15.2. The summed E-state index contributed by atoms with van der Waals surface area (Å²) < 4.78 is 5.50. The van der Waals surface area contributed by atoms with Crippen LogP contribution in [-0.2, 0) is 20.7 Å². The molecule has 0 aromatic heterocycles. The fourth-order valence-corrected chi connectivity index (χ4v) is 6.53. The van der Waals surface area contributed by atoms with E-state index in [2.05, 4.69) is 35.3 Å². The molecule has 1 saturated heterocycles. The smallest absolute Gasteiger partial charge is 0.224 e. The Balaban J connectivity index is 0.00000353. The molecule has 0 saturated carbocycles. The van der Waals surface area contributed by atoms with Crippen LogP contribution in [0.2, 0.25) is 0 Å². The van der Waals surface area contributed by atoms with Gasteiger partial charge in [0.05, 0.1) is 31.8 Å². The highest BCUT2D eigenvalue weighted by molar-refractivity contribution is 6.02. The fraction of sp³-hybridized carbons (Fsp3) is 0.500. The monoisotopic (exact) mass is 614 g/mol. The third-order valence-electron chi connectivity index (χ3n) is 8.70. The zero-order chi connectivity index (χ0) is 30.8. The minimum Gasteiger partial charge on any atom is -0.507 e. The van der Waals surface area contributed by atoms with E-state index in [4.69, 9.17) is 10.5 Å². The van der Waals surface area contributed by atoms with Crippen molar-refractivity contribution >= 4 is 23.0 Å². The number of carbonyl (C=O) groups excluding carboxylic acids is 3. The largest absolute Gasteiger partial charge is 0.507 e. The third-order valence-corrected chi connectivity index (χ3v) is 8.70. The Kier molecular flexibility index (Phi) is 13.7.